The summed E-state index contributed by atoms with van der Waals surface area (Å²) in [6.07, 6.45) is 4.37. The van der Waals surface area contributed by atoms with Gasteiger partial charge in [-0.25, -0.2) is 4.98 Å². The lowest BCUT2D eigenvalue weighted by molar-refractivity contribution is -0.384. The highest BCUT2D eigenvalue weighted by Gasteiger charge is 2.15. The average molecular weight is 340 g/mol. The van der Waals surface area contributed by atoms with Crippen LogP contribution in [0.1, 0.15) is 16.1 Å². The lowest BCUT2D eigenvalue weighted by Crippen LogP contribution is -1.97. The molecule has 0 atom stereocenters. The molecule has 0 aliphatic carbocycles. The van der Waals surface area contributed by atoms with Crippen molar-refractivity contribution in [3.63, 3.8) is 0 Å². The zero-order chi connectivity index (χ0) is 17.1. The summed E-state index contributed by atoms with van der Waals surface area (Å²) in [5.74, 6) is -0.385. The van der Waals surface area contributed by atoms with Gasteiger partial charge in [0, 0.05) is 11.6 Å². The van der Waals surface area contributed by atoms with E-state index in [2.05, 4.69) is 9.97 Å². The number of benzene rings is 2. The monoisotopic (exact) mass is 339 g/mol. The van der Waals surface area contributed by atoms with Crippen LogP contribution in [0, 0.1) is 10.1 Å². The molecule has 7 heteroatoms. The molecule has 3 aromatic rings. The number of para-hydroxylation sites is 2. The van der Waals surface area contributed by atoms with Gasteiger partial charge in [-0.15, -0.1) is 0 Å². The standard InChI is InChI=1S/C17H10ClN3O3/c18-13-7-5-11(9-16(13)21(23)24)17(22)8-6-12-10-19-14-3-1-2-4-15(14)20-12/h1-10H/b8-6+. The van der Waals surface area contributed by atoms with Crippen LogP contribution in [0.15, 0.2) is 54.7 Å². The first-order valence-electron chi connectivity index (χ1n) is 6.93. The second-order valence-electron chi connectivity index (χ2n) is 4.90. The minimum absolute atomic E-state index is 0.0130. The van der Waals surface area contributed by atoms with E-state index in [-0.39, 0.29) is 22.1 Å². The number of halogens is 1. The Labute approximate surface area is 141 Å². The molecule has 0 spiro atoms. The molecule has 0 fully saturated rings. The first-order chi connectivity index (χ1) is 11.5. The molecule has 0 saturated carbocycles. The van der Waals surface area contributed by atoms with Crippen LogP contribution < -0.4 is 0 Å². The molecular formula is C17H10ClN3O3. The highest BCUT2D eigenvalue weighted by atomic mass is 35.5. The molecule has 0 N–H and O–H groups in total. The molecule has 24 heavy (non-hydrogen) atoms. The van der Waals surface area contributed by atoms with Crippen molar-refractivity contribution in [2.45, 2.75) is 0 Å². The maximum absolute atomic E-state index is 12.2. The lowest BCUT2D eigenvalue weighted by atomic mass is 10.1. The second-order valence-corrected chi connectivity index (χ2v) is 5.31. The molecule has 0 saturated heterocycles. The Balaban J connectivity index is 1.86. The van der Waals surface area contributed by atoms with E-state index in [1.165, 1.54) is 24.3 Å². The molecule has 0 aliphatic heterocycles. The summed E-state index contributed by atoms with van der Waals surface area (Å²) in [6.45, 7) is 0. The van der Waals surface area contributed by atoms with Gasteiger partial charge >= 0.3 is 0 Å². The van der Waals surface area contributed by atoms with E-state index in [0.29, 0.717) is 11.2 Å². The molecule has 118 valence electrons. The van der Waals surface area contributed by atoms with Gasteiger partial charge in [-0.05, 0) is 36.4 Å². The highest BCUT2D eigenvalue weighted by molar-refractivity contribution is 6.32. The van der Waals surface area contributed by atoms with Crippen LogP contribution in [-0.2, 0) is 0 Å². The molecule has 0 bridgehead atoms. The summed E-state index contributed by atoms with van der Waals surface area (Å²) in [5, 5.41) is 10.9. The fraction of sp³-hybridized carbons (Fsp3) is 0. The number of nitrogens with zero attached hydrogens (tertiary/aromatic N) is 3. The molecule has 2 aromatic carbocycles. The molecule has 0 unspecified atom stereocenters. The first kappa shape index (κ1) is 15.8. The maximum Gasteiger partial charge on any atom is 0.288 e. The number of nitro benzene ring substituents is 1. The summed E-state index contributed by atoms with van der Waals surface area (Å²) in [5.41, 5.74) is 1.87. The minimum atomic E-state index is -0.627. The fourth-order valence-corrected chi connectivity index (χ4v) is 2.30. The summed E-state index contributed by atoms with van der Waals surface area (Å²) >= 11 is 5.74. The van der Waals surface area contributed by atoms with Crippen LogP contribution in [0.4, 0.5) is 5.69 Å². The van der Waals surface area contributed by atoms with E-state index in [9.17, 15) is 14.9 Å². The fourth-order valence-electron chi connectivity index (χ4n) is 2.11. The van der Waals surface area contributed by atoms with Crippen molar-refractivity contribution < 1.29 is 9.72 Å². The van der Waals surface area contributed by atoms with Crippen molar-refractivity contribution >= 4 is 40.2 Å². The number of ketones is 1. The van der Waals surface area contributed by atoms with Crippen LogP contribution in [0.25, 0.3) is 17.1 Å². The smallest absolute Gasteiger partial charge is 0.288 e. The van der Waals surface area contributed by atoms with Crippen molar-refractivity contribution in [3.05, 3.63) is 81.1 Å². The highest BCUT2D eigenvalue weighted by Crippen LogP contribution is 2.25. The van der Waals surface area contributed by atoms with Gasteiger partial charge in [-0.3, -0.25) is 19.9 Å². The normalized spacial score (nSPS) is 11.0. The second kappa shape index (κ2) is 6.55. The van der Waals surface area contributed by atoms with E-state index < -0.39 is 4.92 Å². The van der Waals surface area contributed by atoms with Gasteiger partial charge in [-0.2, -0.15) is 0 Å². The molecule has 0 aliphatic rings. The third-order valence-electron chi connectivity index (χ3n) is 3.30. The first-order valence-corrected chi connectivity index (χ1v) is 7.30. The van der Waals surface area contributed by atoms with Crippen molar-refractivity contribution in [3.8, 4) is 0 Å². The maximum atomic E-state index is 12.2. The quantitative estimate of drug-likeness (QED) is 0.309. The summed E-state index contributed by atoms with van der Waals surface area (Å²) in [7, 11) is 0. The van der Waals surface area contributed by atoms with Gasteiger partial charge in [-0.1, -0.05) is 23.7 Å². The van der Waals surface area contributed by atoms with Crippen LogP contribution in [0.5, 0.6) is 0 Å². The van der Waals surface area contributed by atoms with Gasteiger partial charge in [0.1, 0.15) is 5.02 Å². The molecule has 3 rings (SSSR count). The summed E-state index contributed by atoms with van der Waals surface area (Å²) in [4.78, 5) is 31.0. The van der Waals surface area contributed by atoms with Crippen molar-refractivity contribution in [2.24, 2.45) is 0 Å². The third-order valence-corrected chi connectivity index (χ3v) is 3.62. The number of rotatable bonds is 4. The van der Waals surface area contributed by atoms with Crippen molar-refractivity contribution in [1.82, 2.24) is 9.97 Å². The number of hydrogen-bond donors (Lipinski definition) is 0. The van der Waals surface area contributed by atoms with Gasteiger partial charge in [0.2, 0.25) is 0 Å². The molecular weight excluding hydrogens is 330 g/mol. The number of fused-ring (bicyclic) bond motifs is 1. The average Bonchev–Trinajstić information content (AvgIpc) is 2.59. The molecule has 0 amide bonds. The van der Waals surface area contributed by atoms with Crippen LogP contribution in [0.3, 0.4) is 0 Å². The van der Waals surface area contributed by atoms with E-state index >= 15 is 0 Å². The number of hydrogen-bond acceptors (Lipinski definition) is 5. The van der Waals surface area contributed by atoms with Crippen molar-refractivity contribution in [1.29, 1.82) is 0 Å². The Morgan fingerprint density at radius 2 is 1.92 bits per heavy atom. The minimum Gasteiger partial charge on any atom is -0.289 e. The molecule has 0 radical (unpaired) electrons. The van der Waals surface area contributed by atoms with Gasteiger partial charge in [0.15, 0.2) is 5.78 Å². The van der Waals surface area contributed by atoms with Crippen molar-refractivity contribution in [2.75, 3.05) is 0 Å². The third kappa shape index (κ3) is 3.28. The van der Waals surface area contributed by atoms with E-state index in [1.807, 2.05) is 24.3 Å². The van der Waals surface area contributed by atoms with Gasteiger partial charge in [0.05, 0.1) is 27.8 Å². The number of carbonyl (C=O) groups excluding carboxylic acids is 1. The summed E-state index contributed by atoms with van der Waals surface area (Å²) < 4.78 is 0. The van der Waals surface area contributed by atoms with Crippen LogP contribution in [-0.4, -0.2) is 20.7 Å². The molecule has 1 aromatic heterocycles. The van der Waals surface area contributed by atoms with E-state index in [4.69, 9.17) is 11.6 Å². The van der Waals surface area contributed by atoms with Crippen LogP contribution in [0.2, 0.25) is 5.02 Å². The number of nitro groups is 1. The lowest BCUT2D eigenvalue weighted by Gasteiger charge is -1.99. The number of allylic oxidation sites excluding steroid dienone is 1. The Morgan fingerprint density at radius 1 is 1.17 bits per heavy atom. The molecule has 1 heterocycles. The Kier molecular flexibility index (Phi) is 4.31. The van der Waals surface area contributed by atoms with Gasteiger partial charge in [0.25, 0.3) is 5.69 Å². The SMILES string of the molecule is O=C(/C=C/c1cnc2ccccc2n1)c1ccc(Cl)c([N+](=O)[O-])c1. The Bertz CT molecular complexity index is 986. The zero-order valence-electron chi connectivity index (χ0n) is 12.2. The van der Waals surface area contributed by atoms with Crippen LogP contribution >= 0.6 is 11.6 Å². The van der Waals surface area contributed by atoms with Gasteiger partial charge < -0.3 is 0 Å². The largest absolute Gasteiger partial charge is 0.289 e. The Hall–Kier alpha value is -3.12. The molecule has 6 nitrogen and oxygen atoms in total. The summed E-state index contributed by atoms with van der Waals surface area (Å²) in [6, 6.07) is 11.3. The predicted molar refractivity (Wildman–Crippen MR) is 91.0 cm³/mol. The number of carbonyl (C=O) groups is 1. The topological polar surface area (TPSA) is 86.0 Å². The zero-order valence-corrected chi connectivity index (χ0v) is 13.0. The Morgan fingerprint density at radius 3 is 2.67 bits per heavy atom. The number of aromatic nitrogens is 2. The van der Waals surface area contributed by atoms with E-state index in [0.717, 1.165) is 11.6 Å². The predicted octanol–water partition coefficient (Wildman–Crippen LogP) is 4.09. The van der Waals surface area contributed by atoms with E-state index in [1.54, 1.807) is 6.20 Å².